The van der Waals surface area contributed by atoms with E-state index in [1.165, 1.54) is 18.6 Å². The Morgan fingerprint density at radius 1 is 1.47 bits per heavy atom. The summed E-state index contributed by atoms with van der Waals surface area (Å²) in [5.41, 5.74) is -0.677. The van der Waals surface area contributed by atoms with Gasteiger partial charge in [0, 0.05) is 24.9 Å². The third kappa shape index (κ3) is 7.04. The Morgan fingerprint density at radius 2 is 2.16 bits per heavy atom. The second-order valence-corrected chi connectivity index (χ2v) is 7.21. The van der Waals surface area contributed by atoms with Gasteiger partial charge in [-0.05, 0) is 38.9 Å². The zero-order valence-corrected chi connectivity index (χ0v) is 15.6. The lowest BCUT2D eigenvalue weighted by atomic mass is 10.0. The highest BCUT2D eigenvalue weighted by molar-refractivity contribution is 14.0. The Bertz CT molecular complexity index is 292. The number of hydrogen-bond donors (Lipinski definition) is 3. The number of aliphatic imine (C=N–C) groups is 1. The first-order chi connectivity index (χ1) is 8.41. The molecule has 1 rings (SSSR count). The van der Waals surface area contributed by atoms with Gasteiger partial charge in [0.05, 0.1) is 5.60 Å². The molecule has 0 bridgehead atoms. The van der Waals surface area contributed by atoms with Gasteiger partial charge in [-0.15, -0.1) is 24.0 Å². The molecule has 1 aliphatic rings. The Morgan fingerprint density at radius 3 is 2.63 bits per heavy atom. The Balaban J connectivity index is 0.00000324. The van der Waals surface area contributed by atoms with Crippen molar-refractivity contribution in [2.45, 2.75) is 50.4 Å². The van der Waals surface area contributed by atoms with Crippen molar-refractivity contribution in [2.24, 2.45) is 4.99 Å². The molecule has 2 atom stereocenters. The summed E-state index contributed by atoms with van der Waals surface area (Å²) in [5, 5.41) is 16.5. The lowest BCUT2D eigenvalue weighted by Crippen LogP contribution is -2.48. The Hall–Kier alpha value is 0.310. The van der Waals surface area contributed by atoms with Crippen molar-refractivity contribution in [3.8, 4) is 0 Å². The van der Waals surface area contributed by atoms with Crippen LogP contribution >= 0.6 is 35.7 Å². The van der Waals surface area contributed by atoms with Gasteiger partial charge in [0.25, 0.3) is 0 Å². The van der Waals surface area contributed by atoms with Crippen molar-refractivity contribution >= 4 is 41.7 Å². The van der Waals surface area contributed by atoms with E-state index in [0.717, 1.165) is 18.9 Å². The molecular formula is C13H28IN3OS. The minimum absolute atomic E-state index is 0. The summed E-state index contributed by atoms with van der Waals surface area (Å²) in [6, 6.07) is 0. The van der Waals surface area contributed by atoms with E-state index in [4.69, 9.17) is 0 Å². The van der Waals surface area contributed by atoms with Gasteiger partial charge in [0.15, 0.2) is 5.96 Å². The summed E-state index contributed by atoms with van der Waals surface area (Å²) in [7, 11) is 1.76. The molecule has 4 nitrogen and oxygen atoms in total. The highest BCUT2D eigenvalue weighted by Crippen LogP contribution is 2.36. The van der Waals surface area contributed by atoms with Gasteiger partial charge in [-0.1, -0.05) is 6.92 Å². The van der Waals surface area contributed by atoms with Crippen LogP contribution in [0.5, 0.6) is 0 Å². The van der Waals surface area contributed by atoms with Crippen molar-refractivity contribution in [3.05, 3.63) is 0 Å². The fourth-order valence-electron chi connectivity index (χ4n) is 1.87. The third-order valence-corrected chi connectivity index (χ3v) is 5.09. The maximum absolute atomic E-state index is 9.95. The number of rotatable bonds is 5. The van der Waals surface area contributed by atoms with E-state index in [1.807, 2.05) is 25.6 Å². The number of halogens is 1. The second kappa shape index (κ2) is 8.56. The van der Waals surface area contributed by atoms with Crippen molar-refractivity contribution in [3.63, 3.8) is 0 Å². The number of aliphatic hydroxyl groups is 1. The topological polar surface area (TPSA) is 56.6 Å². The average Bonchev–Trinajstić information content (AvgIpc) is 2.77. The predicted molar refractivity (Wildman–Crippen MR) is 95.8 cm³/mol. The van der Waals surface area contributed by atoms with E-state index in [2.05, 4.69) is 22.5 Å². The monoisotopic (exact) mass is 401 g/mol. The maximum atomic E-state index is 9.95. The molecule has 0 aromatic heterocycles. The zero-order chi connectivity index (χ0) is 13.6. The van der Waals surface area contributed by atoms with Crippen LogP contribution in [-0.4, -0.2) is 47.3 Å². The number of guanidine groups is 1. The summed E-state index contributed by atoms with van der Waals surface area (Å²) < 4.78 is 0.324. The van der Waals surface area contributed by atoms with Gasteiger partial charge in [0.1, 0.15) is 0 Å². The largest absolute Gasteiger partial charge is 0.388 e. The lowest BCUT2D eigenvalue weighted by molar-refractivity contribution is 0.0603. The molecule has 6 heteroatoms. The van der Waals surface area contributed by atoms with Crippen molar-refractivity contribution in [2.75, 3.05) is 25.9 Å². The number of hydrogen-bond acceptors (Lipinski definition) is 3. The number of nitrogens with one attached hydrogen (secondary N) is 2. The van der Waals surface area contributed by atoms with Crippen LogP contribution in [-0.2, 0) is 0 Å². The summed E-state index contributed by atoms with van der Waals surface area (Å²) >= 11 is 2.03. The van der Waals surface area contributed by atoms with Gasteiger partial charge in [0.2, 0.25) is 0 Å². The minimum atomic E-state index is -0.677. The average molecular weight is 401 g/mol. The summed E-state index contributed by atoms with van der Waals surface area (Å²) in [4.78, 5) is 4.19. The van der Waals surface area contributed by atoms with Crippen molar-refractivity contribution in [1.82, 2.24) is 10.6 Å². The fourth-order valence-corrected chi connectivity index (χ4v) is 3.11. The molecule has 19 heavy (non-hydrogen) atoms. The van der Waals surface area contributed by atoms with Gasteiger partial charge in [-0.3, -0.25) is 4.99 Å². The SMILES string of the molecule is CCC(C)(O)CNC(=NC)NCC1(C)CCCS1.I. The Kier molecular flexibility index (Phi) is 8.70. The first-order valence-corrected chi connectivity index (χ1v) is 7.70. The summed E-state index contributed by atoms with van der Waals surface area (Å²) in [6.45, 7) is 7.56. The normalized spacial score (nSPS) is 26.5. The molecular weight excluding hydrogens is 373 g/mol. The van der Waals surface area contributed by atoms with Gasteiger partial charge in [-0.25, -0.2) is 0 Å². The molecule has 0 aromatic carbocycles. The summed E-state index contributed by atoms with van der Waals surface area (Å²) in [6.07, 6.45) is 3.29. The van der Waals surface area contributed by atoms with E-state index in [9.17, 15) is 5.11 Å². The zero-order valence-electron chi connectivity index (χ0n) is 12.5. The first kappa shape index (κ1) is 19.3. The highest BCUT2D eigenvalue weighted by atomic mass is 127. The molecule has 1 saturated heterocycles. The molecule has 0 amide bonds. The van der Waals surface area contributed by atoms with Crippen LogP contribution in [0.4, 0.5) is 0 Å². The summed E-state index contributed by atoms with van der Waals surface area (Å²) in [5.74, 6) is 2.03. The molecule has 0 spiro atoms. The molecule has 0 radical (unpaired) electrons. The molecule has 1 fully saturated rings. The molecule has 2 unspecified atom stereocenters. The molecule has 3 N–H and O–H groups in total. The fraction of sp³-hybridized carbons (Fsp3) is 0.923. The molecule has 0 aromatic rings. The molecule has 1 heterocycles. The number of thioether (sulfide) groups is 1. The van der Waals surface area contributed by atoms with Gasteiger partial charge < -0.3 is 15.7 Å². The van der Waals surface area contributed by atoms with Crippen LogP contribution in [0.3, 0.4) is 0 Å². The lowest BCUT2D eigenvalue weighted by Gasteiger charge is -2.26. The van der Waals surface area contributed by atoms with Crippen LogP contribution in [0.15, 0.2) is 4.99 Å². The van der Waals surface area contributed by atoms with E-state index in [0.29, 0.717) is 11.3 Å². The van der Waals surface area contributed by atoms with Crippen LogP contribution in [0.2, 0.25) is 0 Å². The molecule has 0 aliphatic carbocycles. The van der Waals surface area contributed by atoms with Crippen LogP contribution in [0.25, 0.3) is 0 Å². The molecule has 1 aliphatic heterocycles. The number of nitrogens with zero attached hydrogens (tertiary/aromatic N) is 1. The van der Waals surface area contributed by atoms with E-state index in [-0.39, 0.29) is 24.0 Å². The smallest absolute Gasteiger partial charge is 0.191 e. The Labute approximate surface area is 138 Å². The van der Waals surface area contributed by atoms with Crippen LogP contribution in [0.1, 0.15) is 40.0 Å². The van der Waals surface area contributed by atoms with E-state index < -0.39 is 5.60 Å². The highest BCUT2D eigenvalue weighted by Gasteiger charge is 2.29. The van der Waals surface area contributed by atoms with Gasteiger partial charge in [-0.2, -0.15) is 11.8 Å². The standard InChI is InChI=1S/C13H27N3OS.HI/c1-5-12(2,17)9-15-11(14-4)16-10-13(3)7-6-8-18-13;/h17H,5-10H2,1-4H3,(H2,14,15,16);1H. The quantitative estimate of drug-likeness (QED) is 0.376. The van der Waals surface area contributed by atoms with Crippen LogP contribution < -0.4 is 10.6 Å². The third-order valence-electron chi connectivity index (χ3n) is 3.55. The van der Waals surface area contributed by atoms with E-state index >= 15 is 0 Å². The second-order valence-electron chi connectivity index (χ2n) is 5.53. The molecule has 114 valence electrons. The predicted octanol–water partition coefficient (Wildman–Crippen LogP) is 2.22. The molecule has 0 saturated carbocycles. The first-order valence-electron chi connectivity index (χ1n) is 6.72. The van der Waals surface area contributed by atoms with Gasteiger partial charge >= 0.3 is 0 Å². The van der Waals surface area contributed by atoms with Crippen LogP contribution in [0, 0.1) is 0 Å². The van der Waals surface area contributed by atoms with Crippen molar-refractivity contribution in [1.29, 1.82) is 0 Å². The minimum Gasteiger partial charge on any atom is -0.388 e. The maximum Gasteiger partial charge on any atom is 0.191 e. The van der Waals surface area contributed by atoms with Crippen molar-refractivity contribution < 1.29 is 5.11 Å². The van der Waals surface area contributed by atoms with E-state index in [1.54, 1.807) is 7.05 Å².